The highest BCUT2D eigenvalue weighted by Gasteiger charge is 1.70. The molecule has 0 aliphatic carbocycles. The Morgan fingerprint density at radius 3 is 1.14 bits per heavy atom. The van der Waals surface area contributed by atoms with E-state index in [1.165, 1.54) is 0 Å². The van der Waals surface area contributed by atoms with Gasteiger partial charge in [-0.05, 0) is 0 Å². The molecule has 1 rings (SSSR count). The summed E-state index contributed by atoms with van der Waals surface area (Å²) in [6.45, 7) is 0. The molecule has 40 valence electrons. The first-order valence-electron chi connectivity index (χ1n) is 1.82. The van der Waals surface area contributed by atoms with Gasteiger partial charge in [0.05, 0.1) is 0 Å². The molecular weight excluding hydrogens is 90.1 g/mol. The molecule has 0 aromatic carbocycles. The van der Waals surface area contributed by atoms with Gasteiger partial charge in [0.25, 0.3) is 0 Å². The lowest BCUT2D eigenvalue weighted by Crippen LogP contribution is -2.05. The van der Waals surface area contributed by atoms with Crippen LogP contribution >= 0.6 is 0 Å². The highest BCUT2D eigenvalue weighted by Crippen LogP contribution is 1.70. The van der Waals surface area contributed by atoms with E-state index in [1.54, 1.807) is 0 Å². The van der Waals surface area contributed by atoms with Gasteiger partial charge in [-0.15, -0.1) is 0 Å². The first-order valence-corrected chi connectivity index (χ1v) is 1.82. The predicted molar refractivity (Wildman–Crippen MR) is 29.6 cm³/mol. The Balaban J connectivity index is 0.000000360. The Morgan fingerprint density at radius 1 is 0.714 bits per heavy atom. The highest BCUT2D eigenvalue weighted by atomic mass is 14.9. The molecule has 0 amide bonds. The van der Waals surface area contributed by atoms with Gasteiger partial charge in [0.15, 0.2) is 0 Å². The maximum Gasteiger partial charge on any atom is 0.0167 e. The molecule has 0 unspecified atom stereocenters. The van der Waals surface area contributed by atoms with Crippen LogP contribution in [0.4, 0.5) is 0 Å². The van der Waals surface area contributed by atoms with Crippen molar-refractivity contribution in [1.29, 1.82) is 0 Å². The van der Waals surface area contributed by atoms with Crippen molar-refractivity contribution in [3.05, 3.63) is 24.8 Å². The molecule has 0 saturated heterocycles. The molecule has 3 heteroatoms. The van der Waals surface area contributed by atoms with Crippen molar-refractivity contribution in [2.24, 2.45) is 0 Å². The maximum absolute atomic E-state index is 2.86. The summed E-state index contributed by atoms with van der Waals surface area (Å²) >= 11 is 0. The summed E-state index contributed by atoms with van der Waals surface area (Å²) in [7, 11) is 0. The number of nitrogens with one attached hydrogen (secondary N) is 2. The van der Waals surface area contributed by atoms with E-state index in [0.29, 0.717) is 0 Å². The summed E-state index contributed by atoms with van der Waals surface area (Å²) in [4.78, 5) is 0. The molecule has 1 heterocycles. The van der Waals surface area contributed by atoms with E-state index in [4.69, 9.17) is 0 Å². The summed E-state index contributed by atoms with van der Waals surface area (Å²) < 4.78 is 0. The summed E-state index contributed by atoms with van der Waals surface area (Å²) in [5.74, 6) is 0. The fourth-order valence-corrected chi connectivity index (χ4v) is 0.304. The summed E-state index contributed by atoms with van der Waals surface area (Å²) in [6.07, 6.45) is 7.28. The maximum atomic E-state index is 2.86. The van der Waals surface area contributed by atoms with Crippen LogP contribution in [0.15, 0.2) is 24.8 Å². The van der Waals surface area contributed by atoms with E-state index in [2.05, 4.69) is 10.6 Å². The minimum Gasteiger partial charge on any atom is -0.365 e. The first kappa shape index (κ1) is 6.04. The minimum absolute atomic E-state index is 0. The number of hydrogen-bond donors (Lipinski definition) is 3. The zero-order valence-electron chi connectivity index (χ0n) is 4.02. The molecule has 1 aliphatic heterocycles. The predicted octanol–water partition coefficient (Wildman–Crippen LogP) is 0.284. The van der Waals surface area contributed by atoms with Gasteiger partial charge in [-0.3, -0.25) is 0 Å². The van der Waals surface area contributed by atoms with Gasteiger partial charge in [0, 0.05) is 24.8 Å². The lowest BCUT2D eigenvalue weighted by atomic mass is 10.7. The number of rotatable bonds is 0. The standard InChI is InChI=1S/C4H6N2.H3N/c1-2-6-4-3-5-1;/h1-6H;1H3. The van der Waals surface area contributed by atoms with E-state index < -0.39 is 0 Å². The monoisotopic (exact) mass is 99.1 g/mol. The second kappa shape index (κ2) is 3.24. The molecule has 0 radical (unpaired) electrons. The van der Waals surface area contributed by atoms with Crippen LogP contribution in [0, 0.1) is 0 Å². The second-order valence-corrected chi connectivity index (χ2v) is 1.00. The number of hydrogen-bond acceptors (Lipinski definition) is 3. The normalized spacial score (nSPS) is 13.7. The van der Waals surface area contributed by atoms with Gasteiger partial charge in [-0.1, -0.05) is 0 Å². The van der Waals surface area contributed by atoms with Crippen molar-refractivity contribution in [2.45, 2.75) is 0 Å². The first-order chi connectivity index (χ1) is 3.00. The second-order valence-electron chi connectivity index (χ2n) is 1.00. The minimum atomic E-state index is 0. The average molecular weight is 99.1 g/mol. The van der Waals surface area contributed by atoms with Gasteiger partial charge in [-0.2, -0.15) is 0 Å². The molecule has 0 fully saturated rings. The third-order valence-electron chi connectivity index (χ3n) is 0.552. The summed E-state index contributed by atoms with van der Waals surface area (Å²) in [5, 5.41) is 5.72. The van der Waals surface area contributed by atoms with Crippen LogP contribution < -0.4 is 16.8 Å². The molecule has 5 N–H and O–H groups in total. The fourth-order valence-electron chi connectivity index (χ4n) is 0.304. The Bertz CT molecular complexity index is 64.9. The molecule has 3 nitrogen and oxygen atoms in total. The zero-order chi connectivity index (χ0) is 4.24. The fraction of sp³-hybridized carbons (Fsp3) is 0. The van der Waals surface area contributed by atoms with Crippen molar-refractivity contribution in [3.8, 4) is 0 Å². The van der Waals surface area contributed by atoms with Crippen LogP contribution in [-0.2, 0) is 0 Å². The third-order valence-corrected chi connectivity index (χ3v) is 0.552. The van der Waals surface area contributed by atoms with Crippen molar-refractivity contribution < 1.29 is 0 Å². The van der Waals surface area contributed by atoms with Crippen molar-refractivity contribution >= 4 is 0 Å². The van der Waals surface area contributed by atoms with Crippen LogP contribution in [0.5, 0.6) is 0 Å². The van der Waals surface area contributed by atoms with Gasteiger partial charge in [-0.25, -0.2) is 0 Å². The van der Waals surface area contributed by atoms with Crippen LogP contribution in [-0.4, -0.2) is 0 Å². The topological polar surface area (TPSA) is 59.1 Å². The van der Waals surface area contributed by atoms with E-state index in [0.717, 1.165) is 0 Å². The van der Waals surface area contributed by atoms with Gasteiger partial charge in [0.2, 0.25) is 0 Å². The van der Waals surface area contributed by atoms with Crippen LogP contribution in [0.25, 0.3) is 0 Å². The Labute approximate surface area is 42.7 Å². The van der Waals surface area contributed by atoms with Crippen molar-refractivity contribution in [1.82, 2.24) is 16.8 Å². The molecule has 7 heavy (non-hydrogen) atoms. The average Bonchev–Trinajstić information content (AvgIpc) is 1.72. The smallest absolute Gasteiger partial charge is 0.0167 e. The molecule has 0 spiro atoms. The van der Waals surface area contributed by atoms with E-state index in [9.17, 15) is 0 Å². The van der Waals surface area contributed by atoms with Crippen LogP contribution in [0.3, 0.4) is 0 Å². The molecule has 0 saturated carbocycles. The molecule has 0 aromatic heterocycles. The van der Waals surface area contributed by atoms with Crippen molar-refractivity contribution in [3.63, 3.8) is 0 Å². The SMILES string of the molecule is C1=CNC=CN1.N. The summed E-state index contributed by atoms with van der Waals surface area (Å²) in [5.41, 5.74) is 0. The quantitative estimate of drug-likeness (QED) is 0.409. The lowest BCUT2D eigenvalue weighted by Gasteiger charge is -1.95. The van der Waals surface area contributed by atoms with Gasteiger partial charge < -0.3 is 16.8 Å². The Morgan fingerprint density at radius 2 is 1.00 bits per heavy atom. The molecular formula is C4H9N3. The van der Waals surface area contributed by atoms with Gasteiger partial charge in [0.1, 0.15) is 0 Å². The molecule has 1 aliphatic rings. The van der Waals surface area contributed by atoms with E-state index in [-0.39, 0.29) is 6.15 Å². The highest BCUT2D eigenvalue weighted by molar-refractivity contribution is 4.95. The molecule has 0 aromatic rings. The third kappa shape index (κ3) is 1.83. The Kier molecular flexibility index (Phi) is 2.79. The van der Waals surface area contributed by atoms with E-state index >= 15 is 0 Å². The molecule has 0 atom stereocenters. The van der Waals surface area contributed by atoms with E-state index in [1.807, 2.05) is 24.8 Å². The summed E-state index contributed by atoms with van der Waals surface area (Å²) in [6, 6.07) is 0. The largest absolute Gasteiger partial charge is 0.365 e. The van der Waals surface area contributed by atoms with Gasteiger partial charge >= 0.3 is 0 Å². The zero-order valence-corrected chi connectivity index (χ0v) is 4.02. The van der Waals surface area contributed by atoms with Crippen molar-refractivity contribution in [2.75, 3.05) is 0 Å². The van der Waals surface area contributed by atoms with Crippen LogP contribution in [0.1, 0.15) is 0 Å². The molecule has 0 bridgehead atoms. The lowest BCUT2D eigenvalue weighted by molar-refractivity contribution is 1.04. The Hall–Kier alpha value is -0.960. The van der Waals surface area contributed by atoms with Crippen LogP contribution in [0.2, 0.25) is 0 Å².